The standard InChI is InChI=1S/C17H20N2O2/c1-2-19(12-7-3-4-8-12)16-14-10-6-5-9-13(14)15(11-18-16)17(20)21/h5-6,9-12H,2-4,7-8H2,1H3,(H,20,21). The van der Waals surface area contributed by atoms with Gasteiger partial charge in [0.2, 0.25) is 0 Å². The molecule has 0 spiro atoms. The smallest absolute Gasteiger partial charge is 0.337 e. The summed E-state index contributed by atoms with van der Waals surface area (Å²) >= 11 is 0. The van der Waals surface area contributed by atoms with Crippen LogP contribution in [0.1, 0.15) is 43.0 Å². The van der Waals surface area contributed by atoms with E-state index in [2.05, 4.69) is 16.8 Å². The molecular weight excluding hydrogens is 264 g/mol. The van der Waals surface area contributed by atoms with Gasteiger partial charge < -0.3 is 10.0 Å². The molecule has 2 aromatic rings. The molecule has 0 atom stereocenters. The molecule has 0 amide bonds. The number of fused-ring (bicyclic) bond motifs is 1. The molecule has 1 N–H and O–H groups in total. The normalized spacial score (nSPS) is 15.5. The maximum Gasteiger partial charge on any atom is 0.337 e. The van der Waals surface area contributed by atoms with Crippen LogP contribution in [0.25, 0.3) is 10.8 Å². The number of pyridine rings is 1. The van der Waals surface area contributed by atoms with Gasteiger partial charge in [0.05, 0.1) is 5.56 Å². The van der Waals surface area contributed by atoms with Gasteiger partial charge in [0.1, 0.15) is 5.82 Å². The van der Waals surface area contributed by atoms with Crippen LogP contribution in [0.3, 0.4) is 0 Å². The van der Waals surface area contributed by atoms with Gasteiger partial charge >= 0.3 is 5.97 Å². The van der Waals surface area contributed by atoms with Crippen molar-refractivity contribution in [3.05, 3.63) is 36.0 Å². The van der Waals surface area contributed by atoms with Gasteiger partial charge in [-0.25, -0.2) is 9.78 Å². The van der Waals surface area contributed by atoms with Crippen molar-refractivity contribution in [3.63, 3.8) is 0 Å². The van der Waals surface area contributed by atoms with Gasteiger partial charge in [-0.1, -0.05) is 37.1 Å². The molecule has 0 bridgehead atoms. The Bertz CT molecular complexity index is 663. The van der Waals surface area contributed by atoms with E-state index in [0.29, 0.717) is 6.04 Å². The summed E-state index contributed by atoms with van der Waals surface area (Å²) < 4.78 is 0. The van der Waals surface area contributed by atoms with Crippen LogP contribution in [0.4, 0.5) is 5.82 Å². The fourth-order valence-electron chi connectivity index (χ4n) is 3.37. The van der Waals surface area contributed by atoms with Crippen LogP contribution in [-0.4, -0.2) is 28.6 Å². The molecule has 1 heterocycles. The molecule has 0 radical (unpaired) electrons. The minimum absolute atomic E-state index is 0.275. The zero-order chi connectivity index (χ0) is 14.8. The Balaban J connectivity index is 2.14. The third-order valence-corrected chi connectivity index (χ3v) is 4.38. The van der Waals surface area contributed by atoms with Crippen molar-refractivity contribution < 1.29 is 9.90 Å². The fourth-order valence-corrected chi connectivity index (χ4v) is 3.37. The fraction of sp³-hybridized carbons (Fsp3) is 0.412. The molecule has 0 aliphatic heterocycles. The number of hydrogen-bond donors (Lipinski definition) is 1. The Morgan fingerprint density at radius 2 is 1.95 bits per heavy atom. The summed E-state index contributed by atoms with van der Waals surface area (Å²) in [4.78, 5) is 18.2. The van der Waals surface area contributed by atoms with Crippen LogP contribution in [0.15, 0.2) is 30.5 Å². The molecule has 21 heavy (non-hydrogen) atoms. The number of anilines is 1. The Morgan fingerprint density at radius 1 is 1.29 bits per heavy atom. The molecule has 4 heteroatoms. The van der Waals surface area contributed by atoms with Crippen molar-refractivity contribution in [3.8, 4) is 0 Å². The second-order valence-corrected chi connectivity index (χ2v) is 5.57. The summed E-state index contributed by atoms with van der Waals surface area (Å²) in [5.74, 6) is -0.000773. The zero-order valence-corrected chi connectivity index (χ0v) is 12.2. The van der Waals surface area contributed by atoms with Crippen LogP contribution in [0, 0.1) is 0 Å². The van der Waals surface area contributed by atoms with Crippen molar-refractivity contribution in [1.29, 1.82) is 0 Å². The van der Waals surface area contributed by atoms with Crippen molar-refractivity contribution >= 4 is 22.6 Å². The maximum atomic E-state index is 11.4. The SMILES string of the molecule is CCN(c1ncc(C(=O)O)c2ccccc12)C1CCCC1. The average Bonchev–Trinajstić information content (AvgIpc) is 3.02. The highest BCUT2D eigenvalue weighted by molar-refractivity contribution is 6.06. The van der Waals surface area contributed by atoms with E-state index in [-0.39, 0.29) is 5.56 Å². The van der Waals surface area contributed by atoms with Crippen molar-refractivity contribution in [1.82, 2.24) is 4.98 Å². The van der Waals surface area contributed by atoms with Gasteiger partial charge in [-0.05, 0) is 19.8 Å². The van der Waals surface area contributed by atoms with Gasteiger partial charge in [0.25, 0.3) is 0 Å². The van der Waals surface area contributed by atoms with E-state index in [0.717, 1.165) is 23.1 Å². The average molecular weight is 284 g/mol. The number of carboxylic acid groups (broad SMARTS) is 1. The van der Waals surface area contributed by atoms with E-state index in [1.807, 2.05) is 24.3 Å². The number of benzene rings is 1. The molecule has 1 fully saturated rings. The minimum Gasteiger partial charge on any atom is -0.478 e. The first kappa shape index (κ1) is 13.9. The van der Waals surface area contributed by atoms with Gasteiger partial charge in [-0.15, -0.1) is 0 Å². The van der Waals surface area contributed by atoms with Crippen molar-refractivity contribution in [2.75, 3.05) is 11.4 Å². The molecule has 4 nitrogen and oxygen atoms in total. The Kier molecular flexibility index (Phi) is 3.78. The lowest BCUT2D eigenvalue weighted by Gasteiger charge is -2.30. The molecule has 3 rings (SSSR count). The summed E-state index contributed by atoms with van der Waals surface area (Å²) in [6, 6.07) is 8.20. The second-order valence-electron chi connectivity index (χ2n) is 5.57. The summed E-state index contributed by atoms with van der Waals surface area (Å²) in [6.07, 6.45) is 6.44. The van der Waals surface area contributed by atoms with Crippen molar-refractivity contribution in [2.24, 2.45) is 0 Å². The van der Waals surface area contributed by atoms with Gasteiger partial charge in [0, 0.05) is 29.6 Å². The predicted molar refractivity (Wildman–Crippen MR) is 84.0 cm³/mol. The molecule has 0 unspecified atom stereocenters. The molecular formula is C17H20N2O2. The van der Waals surface area contributed by atoms with E-state index in [1.54, 1.807) is 0 Å². The summed E-state index contributed by atoms with van der Waals surface area (Å²) in [5, 5.41) is 11.0. The first-order valence-electron chi connectivity index (χ1n) is 7.60. The maximum absolute atomic E-state index is 11.4. The number of aromatic nitrogens is 1. The van der Waals surface area contributed by atoms with E-state index in [1.165, 1.54) is 31.9 Å². The highest BCUT2D eigenvalue weighted by atomic mass is 16.4. The number of rotatable bonds is 4. The summed E-state index contributed by atoms with van der Waals surface area (Å²) in [7, 11) is 0. The topological polar surface area (TPSA) is 53.4 Å². The number of carbonyl (C=O) groups is 1. The first-order valence-corrected chi connectivity index (χ1v) is 7.60. The first-order chi connectivity index (χ1) is 10.2. The quantitative estimate of drug-likeness (QED) is 0.930. The third kappa shape index (κ3) is 2.46. The second kappa shape index (κ2) is 5.72. The summed E-state index contributed by atoms with van der Waals surface area (Å²) in [5.41, 5.74) is 0.275. The molecule has 1 saturated carbocycles. The van der Waals surface area contributed by atoms with Crippen LogP contribution in [-0.2, 0) is 0 Å². The summed E-state index contributed by atoms with van der Waals surface area (Å²) in [6.45, 7) is 3.04. The molecule has 0 saturated heterocycles. The monoisotopic (exact) mass is 284 g/mol. The largest absolute Gasteiger partial charge is 0.478 e. The zero-order valence-electron chi connectivity index (χ0n) is 12.2. The minimum atomic E-state index is -0.922. The Labute approximate surface area is 124 Å². The van der Waals surface area contributed by atoms with Gasteiger partial charge in [-0.2, -0.15) is 0 Å². The van der Waals surface area contributed by atoms with Crippen LogP contribution in [0.2, 0.25) is 0 Å². The highest BCUT2D eigenvalue weighted by Gasteiger charge is 2.24. The Hall–Kier alpha value is -2.10. The Morgan fingerprint density at radius 3 is 2.57 bits per heavy atom. The number of hydrogen-bond acceptors (Lipinski definition) is 3. The van der Waals surface area contributed by atoms with Crippen LogP contribution >= 0.6 is 0 Å². The van der Waals surface area contributed by atoms with E-state index in [9.17, 15) is 9.90 Å². The molecule has 110 valence electrons. The van der Waals surface area contributed by atoms with E-state index < -0.39 is 5.97 Å². The molecule has 1 aliphatic carbocycles. The lowest BCUT2D eigenvalue weighted by atomic mass is 10.1. The lowest BCUT2D eigenvalue weighted by Crippen LogP contribution is -2.33. The highest BCUT2D eigenvalue weighted by Crippen LogP contribution is 2.32. The number of nitrogens with zero attached hydrogens (tertiary/aromatic N) is 2. The molecule has 1 aliphatic rings. The molecule has 1 aromatic heterocycles. The van der Waals surface area contributed by atoms with Crippen molar-refractivity contribution in [2.45, 2.75) is 38.6 Å². The third-order valence-electron chi connectivity index (χ3n) is 4.38. The lowest BCUT2D eigenvalue weighted by molar-refractivity contribution is 0.0698. The van der Waals surface area contributed by atoms with Crippen LogP contribution < -0.4 is 4.90 Å². The van der Waals surface area contributed by atoms with Gasteiger partial charge in [-0.3, -0.25) is 0 Å². The predicted octanol–water partition coefficient (Wildman–Crippen LogP) is 3.70. The molecule has 1 aromatic carbocycles. The van der Waals surface area contributed by atoms with E-state index >= 15 is 0 Å². The number of carboxylic acids is 1. The number of aromatic carboxylic acids is 1. The van der Waals surface area contributed by atoms with E-state index in [4.69, 9.17) is 0 Å². The van der Waals surface area contributed by atoms with Crippen LogP contribution in [0.5, 0.6) is 0 Å². The van der Waals surface area contributed by atoms with Gasteiger partial charge in [0.15, 0.2) is 0 Å².